The van der Waals surface area contributed by atoms with Gasteiger partial charge in [0.15, 0.2) is 28.2 Å². The molecule has 10 aromatic heterocycles. The number of rotatable bonds is 23. The van der Waals surface area contributed by atoms with E-state index in [2.05, 4.69) is 97.7 Å². The van der Waals surface area contributed by atoms with E-state index < -0.39 is 11.3 Å². The molecule has 8 fully saturated rings. The van der Waals surface area contributed by atoms with Crippen LogP contribution in [0.25, 0.3) is 61.5 Å². The van der Waals surface area contributed by atoms with Gasteiger partial charge in [0.25, 0.3) is 0 Å². The summed E-state index contributed by atoms with van der Waals surface area (Å²) in [5.41, 5.74) is 7.93. The first-order valence-corrected chi connectivity index (χ1v) is 44.8. The Labute approximate surface area is 734 Å². The summed E-state index contributed by atoms with van der Waals surface area (Å²) in [5.74, 6) is 1.89. The Morgan fingerprint density at radius 3 is 1.25 bits per heavy atom. The lowest BCUT2D eigenvalue weighted by Crippen LogP contribution is -2.34. The molecule has 664 valence electrons. The van der Waals surface area contributed by atoms with Gasteiger partial charge in [0.05, 0.1) is 50.5 Å². The fourth-order valence-corrected chi connectivity index (χ4v) is 16.7. The summed E-state index contributed by atoms with van der Waals surface area (Å²) < 4.78 is 62.3. The first kappa shape index (κ1) is 89.4. The van der Waals surface area contributed by atoms with E-state index in [9.17, 15) is 37.1 Å². The number of aromatic nitrogens is 15. The van der Waals surface area contributed by atoms with Gasteiger partial charge >= 0.3 is 0 Å². The number of aryl methyl sites for hydroxylation is 2. The van der Waals surface area contributed by atoms with E-state index in [1.165, 1.54) is 37.8 Å². The minimum atomic E-state index is -1.19. The van der Waals surface area contributed by atoms with E-state index in [4.69, 9.17) is 31.6 Å². The molecule has 1 aliphatic heterocycles. The number of anilines is 5. The SMILES string of the molecule is CC(C)(C)CC(=O)Nc1nc2ccc(Cl)nc2n1-c1ccc(F)cc1.CC1(F)CCC(CC(=O)Nc2nc3ccc(C#N)nc3n2C2CCC2)CC1.Cc1ccc2nc(NC(=O)CCOC3CCC3)n(C3CCC3)c2n1.Cc1ccc2nc(NC(=O)CN3CCC(C)(F)C3)n(C3CCC3)c2n1.N#Cc1ccc2nc(NC(=O)CCOC3CCC3)n(C3CCC3)c2n1. The number of nitrogens with zero attached hydrogens (tertiary/aromatic N) is 18. The maximum atomic E-state index is 14.0. The number of pyridine rings is 5. The van der Waals surface area contributed by atoms with Crippen molar-refractivity contribution in [3.05, 3.63) is 119 Å². The number of carbonyl (C=O) groups is 5. The Kier molecular flexibility index (Phi) is 27.9. The normalized spacial score (nSPS) is 19.7. The number of carbonyl (C=O) groups excluding carboxylic acids is 5. The van der Waals surface area contributed by atoms with Crippen molar-refractivity contribution in [3.63, 3.8) is 0 Å². The summed E-state index contributed by atoms with van der Waals surface area (Å²) in [6.07, 6.45) is 25.3. The van der Waals surface area contributed by atoms with Crippen molar-refractivity contribution in [2.24, 2.45) is 11.3 Å². The monoisotopic (exact) mass is 1740 g/mol. The molecule has 0 radical (unpaired) electrons. The Bertz CT molecular complexity index is 5870. The Hall–Kier alpha value is -11.4. The van der Waals surface area contributed by atoms with Gasteiger partial charge in [-0.25, -0.2) is 63.0 Å². The number of alkyl halides is 2. The van der Waals surface area contributed by atoms with E-state index in [1.54, 1.807) is 66.9 Å². The van der Waals surface area contributed by atoms with Crippen molar-refractivity contribution in [2.45, 2.75) is 270 Å². The Balaban J connectivity index is 0.000000122. The lowest BCUT2D eigenvalue weighted by atomic mass is 9.79. The number of halogens is 4. The van der Waals surface area contributed by atoms with Crippen LogP contribution in [0.15, 0.2) is 84.9 Å². The molecule has 1 atom stereocenters. The molecule has 5 amide bonds. The highest BCUT2D eigenvalue weighted by Gasteiger charge is 2.37. The van der Waals surface area contributed by atoms with E-state index in [-0.39, 0.29) is 65.3 Å². The topological polar surface area (TPSA) is 368 Å². The average molecular weight is 1740 g/mol. The molecule has 11 heterocycles. The Morgan fingerprint density at radius 1 is 0.460 bits per heavy atom. The summed E-state index contributed by atoms with van der Waals surface area (Å²) in [5, 5.41) is 33.1. The minimum absolute atomic E-state index is 0.0399. The molecule has 1 aromatic carbocycles. The van der Waals surface area contributed by atoms with E-state index in [1.807, 2.05) is 72.9 Å². The minimum Gasteiger partial charge on any atom is -0.378 e. The lowest BCUT2D eigenvalue weighted by molar-refractivity contribution is -0.119. The number of imidazole rings is 5. The van der Waals surface area contributed by atoms with Crippen LogP contribution in [0.5, 0.6) is 0 Å². The van der Waals surface area contributed by atoms with Gasteiger partial charge in [0.1, 0.15) is 73.4 Å². The fraction of sp³-hybridized carbons (Fsp3) is 0.533. The van der Waals surface area contributed by atoms with Crippen LogP contribution in [0.2, 0.25) is 5.15 Å². The number of hydrogen-bond donors (Lipinski definition) is 5. The number of hydrogen-bond acceptors (Lipinski definition) is 20. The first-order chi connectivity index (χ1) is 60.5. The van der Waals surface area contributed by atoms with Crippen LogP contribution in [-0.4, -0.2) is 164 Å². The quantitative estimate of drug-likeness (QED) is 0.0371. The molecule has 30 nitrogen and oxygen atoms in total. The molecule has 34 heteroatoms. The molecular weight excluding hydrogens is 1630 g/mol. The predicted molar refractivity (Wildman–Crippen MR) is 475 cm³/mol. The number of ether oxygens (including phenoxy) is 2. The van der Waals surface area contributed by atoms with Crippen molar-refractivity contribution < 1.29 is 46.6 Å². The smallest absolute Gasteiger partial charge is 0.240 e. The second-order valence-electron chi connectivity index (χ2n) is 36.4. The molecule has 19 rings (SSSR count). The molecule has 7 saturated carbocycles. The van der Waals surface area contributed by atoms with Crippen molar-refractivity contribution in [3.8, 4) is 17.8 Å². The molecule has 0 bridgehead atoms. The van der Waals surface area contributed by atoms with Gasteiger partial charge in [-0.2, -0.15) is 10.5 Å². The number of nitrogens with one attached hydrogen (secondary N) is 5. The van der Waals surface area contributed by atoms with Crippen molar-refractivity contribution in [1.82, 2.24) is 77.6 Å². The summed E-state index contributed by atoms with van der Waals surface area (Å²) in [6, 6.07) is 29.3. The number of fused-ring (bicyclic) bond motifs is 5. The first-order valence-electron chi connectivity index (χ1n) is 44.5. The molecule has 1 saturated heterocycles. The second kappa shape index (κ2) is 39.2. The van der Waals surface area contributed by atoms with Crippen LogP contribution in [0.3, 0.4) is 0 Å². The summed E-state index contributed by atoms with van der Waals surface area (Å²) in [7, 11) is 0. The van der Waals surface area contributed by atoms with Gasteiger partial charge in [-0.15, -0.1) is 0 Å². The highest BCUT2D eigenvalue weighted by Crippen LogP contribution is 2.43. The fourth-order valence-electron chi connectivity index (χ4n) is 16.6. The third-order valence-corrected chi connectivity index (χ3v) is 25.1. The molecule has 7 aliphatic carbocycles. The van der Waals surface area contributed by atoms with Crippen LogP contribution in [0.1, 0.15) is 255 Å². The number of nitriles is 2. The summed E-state index contributed by atoms with van der Waals surface area (Å²) >= 11 is 6.01. The molecule has 8 aliphatic rings. The zero-order valence-corrected chi connectivity index (χ0v) is 73.4. The van der Waals surface area contributed by atoms with E-state index in [0.29, 0.717) is 181 Å². The highest BCUT2D eigenvalue weighted by atomic mass is 35.5. The zero-order valence-electron chi connectivity index (χ0n) is 72.7. The van der Waals surface area contributed by atoms with Gasteiger partial charge in [0.2, 0.25) is 59.3 Å². The highest BCUT2D eigenvalue weighted by molar-refractivity contribution is 6.29. The third-order valence-electron chi connectivity index (χ3n) is 24.9. The van der Waals surface area contributed by atoms with Crippen LogP contribution in [0, 0.1) is 53.7 Å². The van der Waals surface area contributed by atoms with Crippen molar-refractivity contribution >= 4 is 127 Å². The van der Waals surface area contributed by atoms with E-state index in [0.717, 1.165) is 136 Å². The van der Waals surface area contributed by atoms with Crippen LogP contribution >= 0.6 is 11.6 Å². The van der Waals surface area contributed by atoms with Gasteiger partial charge < -0.3 is 9.47 Å². The molecule has 0 spiro atoms. The van der Waals surface area contributed by atoms with Gasteiger partial charge in [-0.05, 0) is 272 Å². The predicted octanol–water partition coefficient (Wildman–Crippen LogP) is 18.0. The number of amides is 5. The summed E-state index contributed by atoms with van der Waals surface area (Å²) in [4.78, 5) is 109. The molecule has 1 unspecified atom stereocenters. The standard InChI is InChI=1S/C20H24FN5O.C18H18ClFN4O.C18H24FN5O.C18H21N5O2.C18H24N4O2/c1-20(21)9-7-13(8-10-20)11-17(27)25-19-24-16-6-5-14(12-22)23-18(16)26(19)15-3-2-4-15;1-18(2,3)10-15(25)23-17-21-13-8-9-14(19)22-16(13)24(17)12-6-4-11(20)5-7-12;1-12-6-7-14-16(20-12)24(13-4-3-5-13)17(21-14)22-15(25)10-23-9-8-18(2,19)11-23;19-11-12-7-8-15-17(20-12)23(13-3-1-4-13)18(21-15)22-16(24)9-10-25-14-5-2-6-14;1-12-8-9-15-17(19-12)22(13-4-2-5-13)18(20-15)21-16(23)10-11-24-14-6-3-7-14/h5-6,13,15H,2-4,7-11H2,1H3,(H,24,25,27);4-9H,10H2,1-3H3,(H,21,23,25);6-7,13H,3-5,8-11H2,1-2H3,(H,21,22,25);7-8,13-14H,1-6,9-10H2,(H,21,22,24);8-9,13-14H,2-7,10-11H2,1H3,(H,20,21,23). The van der Waals surface area contributed by atoms with Gasteiger partial charge in [-0.1, -0.05) is 32.4 Å². The molecule has 11 aromatic rings. The van der Waals surface area contributed by atoms with Gasteiger partial charge in [0, 0.05) is 61.5 Å². The van der Waals surface area contributed by atoms with Crippen LogP contribution in [-0.2, 0) is 33.4 Å². The second-order valence-corrected chi connectivity index (χ2v) is 36.8. The largest absolute Gasteiger partial charge is 0.378 e. The third kappa shape index (κ3) is 22.2. The molecular formula is C92H111ClF3N23O7. The van der Waals surface area contributed by atoms with Crippen molar-refractivity contribution in [1.29, 1.82) is 10.5 Å². The van der Waals surface area contributed by atoms with Gasteiger partial charge in [-0.3, -0.25) is 78.3 Å². The van der Waals surface area contributed by atoms with Crippen LogP contribution in [0.4, 0.5) is 42.9 Å². The Morgan fingerprint density at radius 2 is 0.849 bits per heavy atom. The summed E-state index contributed by atoms with van der Waals surface area (Å²) in [6.45, 7) is 15.2. The molecule has 126 heavy (non-hydrogen) atoms. The lowest BCUT2D eigenvalue weighted by Gasteiger charge is -2.31. The number of benzene rings is 1. The van der Waals surface area contributed by atoms with E-state index >= 15 is 0 Å². The zero-order chi connectivity index (χ0) is 88.6. The maximum Gasteiger partial charge on any atom is 0.240 e. The van der Waals surface area contributed by atoms with Crippen LogP contribution < -0.4 is 26.6 Å². The van der Waals surface area contributed by atoms with Crippen molar-refractivity contribution in [2.75, 3.05) is 59.4 Å². The average Bonchev–Trinajstić information content (AvgIpc) is 1.63. The number of likely N-dealkylation sites (tertiary alicyclic amines) is 1. The maximum absolute atomic E-state index is 14.0. The molecule has 5 N–H and O–H groups in total.